The molecule has 3 heterocycles. The smallest absolute Gasteiger partial charge is 0.193 e. The minimum atomic E-state index is -3.63. The summed E-state index contributed by atoms with van der Waals surface area (Å²) in [6, 6.07) is 40.2. The highest BCUT2D eigenvalue weighted by molar-refractivity contribution is 7.86. The maximum absolute atomic E-state index is 16.1. The second kappa shape index (κ2) is 10.6. The van der Waals surface area contributed by atoms with Crippen molar-refractivity contribution in [3.63, 3.8) is 0 Å². The molecule has 0 spiro atoms. The van der Waals surface area contributed by atoms with Crippen molar-refractivity contribution in [2.45, 2.75) is 0 Å². The van der Waals surface area contributed by atoms with E-state index >= 15 is 4.57 Å². The monoisotopic (exact) mass is 620 g/mol. The highest BCUT2D eigenvalue weighted by Gasteiger charge is 2.53. The second-order valence-corrected chi connectivity index (χ2v) is 13.7. The zero-order chi connectivity index (χ0) is 31.4. The van der Waals surface area contributed by atoms with Crippen molar-refractivity contribution in [2.24, 2.45) is 0 Å². The molecule has 0 saturated carbocycles. The molecule has 0 saturated heterocycles. The maximum atomic E-state index is 16.1. The fraction of sp³-hybridized carbons (Fsp3) is 0. The maximum Gasteiger partial charge on any atom is 0.193 e. The molecule has 6 aromatic carbocycles. The van der Waals surface area contributed by atoms with Gasteiger partial charge in [-0.3, -0.25) is 0 Å². The zero-order valence-electron chi connectivity index (χ0n) is 24.7. The van der Waals surface area contributed by atoms with Gasteiger partial charge in [-0.25, -0.2) is 0 Å². The molecule has 9 rings (SSSR count). The molecule has 0 fully saturated rings. The number of hydrogen-bond acceptors (Lipinski definition) is 4. The Labute approximate surface area is 272 Å². The molecule has 0 atom stereocenters. The van der Waals surface area contributed by atoms with Crippen LogP contribution in [0, 0.1) is 35.5 Å². The largest absolute Gasteiger partial charge is 0.454 e. The Morgan fingerprint density at radius 1 is 0.362 bits per heavy atom. The van der Waals surface area contributed by atoms with Gasteiger partial charge in [-0.2, -0.15) is 0 Å². The molecule has 0 N–H and O–H groups in total. The molecule has 0 bridgehead atoms. The van der Waals surface area contributed by atoms with E-state index in [9.17, 15) is 0 Å². The van der Waals surface area contributed by atoms with Gasteiger partial charge in [0.05, 0.1) is 16.7 Å². The molecule has 0 amide bonds. The first kappa shape index (κ1) is 27.0. The number of rotatable bonds is 0. The Morgan fingerprint density at radius 3 is 0.957 bits per heavy atom. The summed E-state index contributed by atoms with van der Waals surface area (Å²) in [5.41, 5.74) is 4.43. The quantitative estimate of drug-likeness (QED) is 0.128. The third-order valence-corrected chi connectivity index (χ3v) is 11.4. The average molecular weight is 621 g/mol. The SMILES string of the molecule is O=P12c3c4ccc(C#Cc5ccccc5)c3Oc3ccc(C#Cc5ccccc5)c(c31)Oc1ccc(C#Cc3ccccc3)c(c12)O4. The van der Waals surface area contributed by atoms with E-state index in [1.54, 1.807) is 0 Å². The Kier molecular flexibility index (Phi) is 6.10. The van der Waals surface area contributed by atoms with Crippen LogP contribution in [-0.4, -0.2) is 0 Å². The van der Waals surface area contributed by atoms with E-state index < -0.39 is 7.14 Å². The summed E-state index contributed by atoms with van der Waals surface area (Å²) in [6.45, 7) is 0. The van der Waals surface area contributed by atoms with Crippen LogP contribution >= 0.6 is 7.14 Å². The lowest BCUT2D eigenvalue weighted by atomic mass is 10.1. The molecule has 3 aliphatic rings. The third kappa shape index (κ3) is 4.35. The summed E-state index contributed by atoms with van der Waals surface area (Å²) in [5, 5.41) is 1.43. The van der Waals surface area contributed by atoms with Gasteiger partial charge in [-0.05, 0) is 72.8 Å². The highest BCUT2D eigenvalue weighted by Crippen LogP contribution is 2.64. The van der Waals surface area contributed by atoms with Gasteiger partial charge in [0.15, 0.2) is 24.4 Å². The summed E-state index contributed by atoms with van der Waals surface area (Å²) in [5.74, 6) is 22.0. The van der Waals surface area contributed by atoms with Crippen LogP contribution in [0.3, 0.4) is 0 Å². The predicted octanol–water partition coefficient (Wildman–Crippen LogP) is 7.84. The second-order valence-electron chi connectivity index (χ2n) is 11.1. The molecule has 47 heavy (non-hydrogen) atoms. The lowest BCUT2D eigenvalue weighted by Gasteiger charge is -2.39. The lowest BCUT2D eigenvalue weighted by molar-refractivity contribution is 0.438. The highest BCUT2D eigenvalue weighted by atomic mass is 31.2. The van der Waals surface area contributed by atoms with E-state index in [0.29, 0.717) is 67.1 Å². The van der Waals surface area contributed by atoms with Gasteiger partial charge >= 0.3 is 0 Å². The first-order chi connectivity index (χ1) is 23.2. The van der Waals surface area contributed by atoms with Crippen LogP contribution in [0.1, 0.15) is 33.4 Å². The number of hydrogen-bond donors (Lipinski definition) is 0. The molecule has 0 unspecified atom stereocenters. The topological polar surface area (TPSA) is 44.8 Å². The Bertz CT molecular complexity index is 2240. The van der Waals surface area contributed by atoms with Gasteiger partial charge in [0, 0.05) is 16.7 Å². The molecular weight excluding hydrogens is 599 g/mol. The van der Waals surface area contributed by atoms with Crippen molar-refractivity contribution in [2.75, 3.05) is 0 Å². The van der Waals surface area contributed by atoms with Crippen LogP contribution in [0.2, 0.25) is 0 Å². The minimum Gasteiger partial charge on any atom is -0.454 e. The van der Waals surface area contributed by atoms with Gasteiger partial charge in [-0.15, -0.1) is 0 Å². The molecule has 3 aliphatic heterocycles. The summed E-state index contributed by atoms with van der Waals surface area (Å²) >= 11 is 0. The third-order valence-electron chi connectivity index (χ3n) is 8.21. The average Bonchev–Trinajstić information content (AvgIpc) is 3.11. The molecule has 4 nitrogen and oxygen atoms in total. The lowest BCUT2D eigenvalue weighted by Crippen LogP contribution is -2.39. The molecule has 6 aromatic rings. The van der Waals surface area contributed by atoms with Crippen LogP contribution < -0.4 is 30.1 Å². The van der Waals surface area contributed by atoms with E-state index in [2.05, 4.69) is 35.5 Å². The van der Waals surface area contributed by atoms with Crippen molar-refractivity contribution >= 4 is 23.1 Å². The van der Waals surface area contributed by atoms with Crippen molar-refractivity contribution in [3.8, 4) is 70.0 Å². The van der Waals surface area contributed by atoms with Gasteiger partial charge < -0.3 is 18.8 Å². The molecule has 218 valence electrons. The molecule has 5 heteroatoms. The Balaban J connectivity index is 1.29. The van der Waals surface area contributed by atoms with E-state index in [1.165, 1.54) is 0 Å². The van der Waals surface area contributed by atoms with Gasteiger partial charge in [0.2, 0.25) is 0 Å². The predicted molar refractivity (Wildman–Crippen MR) is 183 cm³/mol. The standard InChI is InChI=1S/C42H21O4P/c43-47-40-34-25-22-31(19-16-28-10-4-1-5-11-28)37(40)44-35-26-23-32(20-17-29-12-6-2-7-13-29)38(41(35)47)46-36-27-24-33(39(45-34)42(36)47)21-18-30-14-8-3-9-15-30/h1-15,22-27H. The van der Waals surface area contributed by atoms with E-state index in [4.69, 9.17) is 14.2 Å². The van der Waals surface area contributed by atoms with Crippen molar-refractivity contribution in [3.05, 3.63) is 161 Å². The van der Waals surface area contributed by atoms with Crippen LogP contribution in [0.5, 0.6) is 34.5 Å². The number of ether oxygens (including phenoxy) is 3. The van der Waals surface area contributed by atoms with E-state index in [0.717, 1.165) is 16.7 Å². The minimum absolute atomic E-state index is 0.426. The van der Waals surface area contributed by atoms with E-state index in [-0.39, 0.29) is 0 Å². The van der Waals surface area contributed by atoms with Crippen molar-refractivity contribution < 1.29 is 18.8 Å². The fourth-order valence-electron chi connectivity index (χ4n) is 6.05. The van der Waals surface area contributed by atoms with Gasteiger partial charge in [0.25, 0.3) is 0 Å². The zero-order valence-corrected chi connectivity index (χ0v) is 25.6. The molecule has 0 aromatic heterocycles. The van der Waals surface area contributed by atoms with E-state index in [1.807, 2.05) is 127 Å². The Hall–Kier alpha value is -6.37. The summed E-state index contributed by atoms with van der Waals surface area (Å²) in [6.07, 6.45) is 0. The fourth-order valence-corrected chi connectivity index (χ4v) is 9.37. The van der Waals surface area contributed by atoms with Crippen LogP contribution in [-0.2, 0) is 4.57 Å². The first-order valence-electron chi connectivity index (χ1n) is 15.0. The van der Waals surface area contributed by atoms with Gasteiger partial charge in [-0.1, -0.05) is 90.1 Å². The molecule has 0 radical (unpaired) electrons. The summed E-state index contributed by atoms with van der Waals surface area (Å²) in [7, 11) is -3.63. The Morgan fingerprint density at radius 2 is 0.660 bits per heavy atom. The molecular formula is C42H21O4P. The number of benzene rings is 6. The van der Waals surface area contributed by atoms with Crippen LogP contribution in [0.25, 0.3) is 0 Å². The summed E-state index contributed by atoms with van der Waals surface area (Å²) < 4.78 is 35.8. The van der Waals surface area contributed by atoms with Crippen molar-refractivity contribution in [1.29, 1.82) is 0 Å². The molecule has 0 aliphatic carbocycles. The summed E-state index contributed by atoms with van der Waals surface area (Å²) in [4.78, 5) is 0. The van der Waals surface area contributed by atoms with Crippen LogP contribution in [0.15, 0.2) is 127 Å². The van der Waals surface area contributed by atoms with Gasteiger partial charge in [0.1, 0.15) is 33.2 Å². The first-order valence-corrected chi connectivity index (χ1v) is 16.7. The van der Waals surface area contributed by atoms with Crippen LogP contribution in [0.4, 0.5) is 0 Å². The van der Waals surface area contributed by atoms with Crippen molar-refractivity contribution in [1.82, 2.24) is 0 Å². The normalized spacial score (nSPS) is 12.9.